The summed E-state index contributed by atoms with van der Waals surface area (Å²) in [5, 5.41) is 2.63. The average Bonchev–Trinajstić information content (AvgIpc) is 2.66. The van der Waals surface area contributed by atoms with Gasteiger partial charge in [0, 0.05) is 13.1 Å². The van der Waals surface area contributed by atoms with Gasteiger partial charge in [0.15, 0.2) is 0 Å². The van der Waals surface area contributed by atoms with Gasteiger partial charge in [-0.25, -0.2) is 28.1 Å². The molecule has 0 amide bonds. The zero-order valence-electron chi connectivity index (χ0n) is 18.4. The maximum Gasteiger partial charge on any atom is 0.336 e. The van der Waals surface area contributed by atoms with Crippen LogP contribution in [0.3, 0.4) is 0 Å². The smallest absolute Gasteiger partial charge is 0.336 e. The fourth-order valence-electron chi connectivity index (χ4n) is 2.60. The molecule has 0 aliphatic rings. The van der Waals surface area contributed by atoms with Crippen molar-refractivity contribution in [2.75, 3.05) is 13.2 Å². The molecule has 0 N–H and O–H groups in total. The number of nitrogens with zero attached hydrogens (tertiary/aromatic N) is 4. The summed E-state index contributed by atoms with van der Waals surface area (Å²) in [5.41, 5.74) is -3.64. The van der Waals surface area contributed by atoms with Crippen LogP contribution in [-0.4, -0.2) is 44.4 Å². The van der Waals surface area contributed by atoms with E-state index in [0.717, 1.165) is 6.42 Å². The van der Waals surface area contributed by atoms with Gasteiger partial charge >= 0.3 is 29.0 Å². The van der Waals surface area contributed by atoms with E-state index >= 15 is 0 Å². The van der Waals surface area contributed by atoms with Gasteiger partial charge in [-0.1, -0.05) is 18.5 Å². The van der Waals surface area contributed by atoms with Crippen molar-refractivity contribution in [3.05, 3.63) is 36.4 Å². The van der Waals surface area contributed by atoms with Crippen LogP contribution in [0, 0.1) is 4.91 Å². The van der Waals surface area contributed by atoms with E-state index in [-0.39, 0.29) is 45.6 Å². The molecule has 0 spiro atoms. The molecule has 0 aliphatic heterocycles. The minimum Gasteiger partial charge on any atom is -0.466 e. The number of rotatable bonds is 12. The second kappa shape index (κ2) is 12.0. The Morgan fingerprint density at radius 3 is 1.81 bits per heavy atom. The van der Waals surface area contributed by atoms with Gasteiger partial charge in [-0.2, -0.15) is 4.91 Å². The van der Waals surface area contributed by atoms with Crippen molar-refractivity contribution in [3.63, 3.8) is 0 Å². The van der Waals surface area contributed by atoms with Crippen molar-refractivity contribution < 1.29 is 19.1 Å². The maximum atomic E-state index is 12.7. The number of esters is 2. The molecule has 1 aromatic heterocycles. The maximum absolute atomic E-state index is 12.7. The topological polar surface area (TPSA) is 148 Å². The first-order valence-corrected chi connectivity index (χ1v) is 10.1. The summed E-state index contributed by atoms with van der Waals surface area (Å²) < 4.78 is 12.3. The van der Waals surface area contributed by atoms with Crippen molar-refractivity contribution in [1.82, 2.24) is 13.7 Å². The van der Waals surface area contributed by atoms with Gasteiger partial charge < -0.3 is 9.47 Å². The van der Waals surface area contributed by atoms with Crippen LogP contribution >= 0.6 is 0 Å². The Morgan fingerprint density at radius 1 is 0.871 bits per heavy atom. The van der Waals surface area contributed by atoms with E-state index in [9.17, 15) is 28.9 Å². The van der Waals surface area contributed by atoms with Gasteiger partial charge in [-0.05, 0) is 27.2 Å². The van der Waals surface area contributed by atoms with Gasteiger partial charge in [0.25, 0.3) is 0 Å². The van der Waals surface area contributed by atoms with Crippen LogP contribution in [0.5, 0.6) is 0 Å². The van der Waals surface area contributed by atoms with E-state index in [1.807, 2.05) is 6.92 Å². The summed E-state index contributed by atoms with van der Waals surface area (Å²) in [5.74, 6) is -1.22. The van der Waals surface area contributed by atoms with Gasteiger partial charge in [-0.15, -0.1) is 0 Å². The molecule has 12 nitrogen and oxygen atoms in total. The number of hydrogen-bond acceptors (Lipinski definition) is 9. The number of aromatic nitrogens is 3. The van der Waals surface area contributed by atoms with Crippen LogP contribution in [0.15, 0.2) is 19.6 Å². The van der Waals surface area contributed by atoms with Crippen LogP contribution in [0.4, 0.5) is 0 Å². The third-order valence-corrected chi connectivity index (χ3v) is 4.06. The van der Waals surface area contributed by atoms with E-state index in [1.165, 1.54) is 0 Å². The number of carbonyl (C=O) groups excluding carboxylic acids is 2. The van der Waals surface area contributed by atoms with E-state index in [2.05, 4.69) is 5.18 Å². The van der Waals surface area contributed by atoms with Crippen molar-refractivity contribution in [2.24, 2.45) is 5.18 Å². The highest BCUT2D eigenvalue weighted by atomic mass is 16.6. The quantitative estimate of drug-likeness (QED) is 0.257. The molecule has 0 fully saturated rings. The Hall–Kier alpha value is -3.05. The minimum atomic E-state index is -0.969. The van der Waals surface area contributed by atoms with Crippen LogP contribution in [0.1, 0.15) is 53.4 Å². The predicted molar refractivity (Wildman–Crippen MR) is 111 cm³/mol. The Balaban J connectivity index is 3.17. The van der Waals surface area contributed by atoms with E-state index < -0.39 is 34.6 Å². The molecule has 0 saturated heterocycles. The van der Waals surface area contributed by atoms with Crippen LogP contribution < -0.4 is 17.1 Å². The SMILES string of the molecule is CCCCOC(=O)CCn1c(=O)n(CCN=O)c(=O)n(CCC(=O)OC(C)(C)C)c1=O. The Morgan fingerprint density at radius 2 is 1.35 bits per heavy atom. The fourth-order valence-corrected chi connectivity index (χ4v) is 2.60. The normalized spacial score (nSPS) is 11.2. The lowest BCUT2D eigenvalue weighted by molar-refractivity contribution is -0.155. The van der Waals surface area contributed by atoms with Crippen LogP contribution in [-0.2, 0) is 38.7 Å². The third-order valence-electron chi connectivity index (χ3n) is 4.06. The lowest BCUT2D eigenvalue weighted by Gasteiger charge is -2.19. The summed E-state index contributed by atoms with van der Waals surface area (Å²) in [6, 6.07) is 0. The summed E-state index contributed by atoms with van der Waals surface area (Å²) >= 11 is 0. The van der Waals surface area contributed by atoms with Crippen molar-refractivity contribution in [2.45, 2.75) is 78.6 Å². The van der Waals surface area contributed by atoms with Gasteiger partial charge in [0.1, 0.15) is 5.60 Å². The number of unbranched alkanes of at least 4 members (excludes halogenated alkanes) is 1. The molecule has 1 aromatic rings. The number of nitroso groups, excluding NO2 is 1. The van der Waals surface area contributed by atoms with Gasteiger partial charge in [0.2, 0.25) is 0 Å². The highest BCUT2D eigenvalue weighted by molar-refractivity contribution is 5.69. The van der Waals surface area contributed by atoms with Crippen LogP contribution in [0.2, 0.25) is 0 Å². The number of carbonyl (C=O) groups is 2. The molecule has 31 heavy (non-hydrogen) atoms. The molecule has 0 radical (unpaired) electrons. The fraction of sp³-hybridized carbons (Fsp3) is 0.737. The van der Waals surface area contributed by atoms with E-state index in [4.69, 9.17) is 9.47 Å². The van der Waals surface area contributed by atoms with Crippen molar-refractivity contribution >= 4 is 11.9 Å². The molecule has 0 bridgehead atoms. The molecule has 0 aromatic carbocycles. The average molecular weight is 442 g/mol. The monoisotopic (exact) mass is 442 g/mol. The second-order valence-electron chi connectivity index (χ2n) is 7.82. The molecule has 0 aliphatic carbocycles. The lowest BCUT2D eigenvalue weighted by atomic mass is 10.2. The van der Waals surface area contributed by atoms with Crippen LogP contribution in [0.25, 0.3) is 0 Å². The second-order valence-corrected chi connectivity index (χ2v) is 7.82. The number of hydrogen-bond donors (Lipinski definition) is 0. The molecular formula is C19H30N4O8. The predicted octanol–water partition coefficient (Wildman–Crippen LogP) is 0.403. The van der Waals surface area contributed by atoms with Crippen molar-refractivity contribution in [1.29, 1.82) is 0 Å². The summed E-state index contributed by atoms with van der Waals surface area (Å²) in [4.78, 5) is 72.2. The highest BCUT2D eigenvalue weighted by Crippen LogP contribution is 2.08. The zero-order chi connectivity index (χ0) is 23.6. The molecule has 12 heteroatoms. The van der Waals surface area contributed by atoms with Crippen molar-refractivity contribution in [3.8, 4) is 0 Å². The summed E-state index contributed by atoms with van der Waals surface area (Å²) in [6.45, 7) is 5.85. The Kier molecular flexibility index (Phi) is 10.0. The molecule has 1 rings (SSSR count). The van der Waals surface area contributed by atoms with E-state index in [1.54, 1.807) is 20.8 Å². The highest BCUT2D eigenvalue weighted by Gasteiger charge is 2.20. The minimum absolute atomic E-state index is 0.231. The first-order chi connectivity index (χ1) is 14.5. The summed E-state index contributed by atoms with van der Waals surface area (Å²) in [6.07, 6.45) is 0.988. The third kappa shape index (κ3) is 8.30. The standard InChI is InChI=1S/C19H30N4O8/c1-5-6-13-30-14(24)7-10-21-16(26)22(11-8-15(25)31-19(2,3)4)18(28)23(17(21)27)12-9-20-29/h5-13H2,1-4H3. The molecule has 174 valence electrons. The molecule has 0 unspecified atom stereocenters. The summed E-state index contributed by atoms with van der Waals surface area (Å²) in [7, 11) is 0. The first kappa shape index (κ1) is 26.0. The molecule has 0 atom stereocenters. The molecular weight excluding hydrogens is 412 g/mol. The number of ether oxygens (including phenoxy) is 2. The Bertz CT molecular complexity index is 952. The lowest BCUT2D eigenvalue weighted by Crippen LogP contribution is -2.55. The van der Waals surface area contributed by atoms with Gasteiger partial charge in [0.05, 0.1) is 32.5 Å². The molecule has 1 heterocycles. The molecule has 0 saturated carbocycles. The largest absolute Gasteiger partial charge is 0.466 e. The first-order valence-electron chi connectivity index (χ1n) is 10.1. The Labute approximate surface area is 178 Å². The zero-order valence-corrected chi connectivity index (χ0v) is 18.4. The van der Waals surface area contributed by atoms with Gasteiger partial charge in [-0.3, -0.25) is 9.59 Å². The van der Waals surface area contributed by atoms with E-state index in [0.29, 0.717) is 20.1 Å².